The zero-order valence-corrected chi connectivity index (χ0v) is 11.3. The van der Waals surface area contributed by atoms with Gasteiger partial charge in [-0.25, -0.2) is 4.39 Å². The van der Waals surface area contributed by atoms with Crippen molar-refractivity contribution in [2.24, 2.45) is 0 Å². The molecule has 3 rings (SSSR count). The van der Waals surface area contributed by atoms with Crippen molar-refractivity contribution < 1.29 is 13.9 Å². The summed E-state index contributed by atoms with van der Waals surface area (Å²) in [4.78, 5) is 15.0. The molecule has 2 heterocycles. The normalized spacial score (nSPS) is 15.2. The van der Waals surface area contributed by atoms with E-state index in [-0.39, 0.29) is 18.3 Å². The fourth-order valence-electron chi connectivity index (χ4n) is 2.09. The van der Waals surface area contributed by atoms with E-state index in [2.05, 4.69) is 15.4 Å². The van der Waals surface area contributed by atoms with Crippen LogP contribution in [0.3, 0.4) is 0 Å². The van der Waals surface area contributed by atoms with E-state index in [1.54, 1.807) is 17.0 Å². The smallest absolute Gasteiger partial charge is 0.246 e. The topological polar surface area (TPSA) is 73.1 Å². The van der Waals surface area contributed by atoms with Crippen LogP contribution in [0.5, 0.6) is 0 Å². The van der Waals surface area contributed by atoms with Crippen LogP contribution in [0.25, 0.3) is 11.4 Å². The van der Waals surface area contributed by atoms with Crippen LogP contribution in [0.2, 0.25) is 0 Å². The minimum Gasteiger partial charge on any atom is -0.378 e. The molecule has 1 aromatic heterocycles. The Morgan fingerprint density at radius 1 is 1.33 bits per heavy atom. The van der Waals surface area contributed by atoms with Crippen LogP contribution in [0.15, 0.2) is 24.3 Å². The summed E-state index contributed by atoms with van der Waals surface area (Å²) in [5.74, 6) is -0.154. The van der Waals surface area contributed by atoms with Gasteiger partial charge in [-0.15, -0.1) is 10.2 Å². The highest BCUT2D eigenvalue weighted by molar-refractivity contribution is 5.75. The molecular formula is C13H14FN5O2. The van der Waals surface area contributed by atoms with Crippen molar-refractivity contribution in [2.45, 2.75) is 6.54 Å². The largest absolute Gasteiger partial charge is 0.378 e. The third kappa shape index (κ3) is 3.22. The molecule has 0 saturated carbocycles. The summed E-state index contributed by atoms with van der Waals surface area (Å²) < 4.78 is 18.4. The maximum atomic E-state index is 13.2. The molecule has 0 bridgehead atoms. The van der Waals surface area contributed by atoms with Crippen LogP contribution < -0.4 is 0 Å². The maximum Gasteiger partial charge on any atom is 0.246 e. The lowest BCUT2D eigenvalue weighted by Gasteiger charge is -2.26. The third-order valence-electron chi connectivity index (χ3n) is 3.18. The summed E-state index contributed by atoms with van der Waals surface area (Å²) in [6.45, 7) is 2.26. The van der Waals surface area contributed by atoms with Gasteiger partial charge in [-0.2, -0.15) is 4.80 Å². The number of aromatic nitrogens is 4. The number of amides is 1. The van der Waals surface area contributed by atoms with Crippen LogP contribution in [0.1, 0.15) is 0 Å². The van der Waals surface area contributed by atoms with Gasteiger partial charge in [0.25, 0.3) is 0 Å². The number of benzene rings is 1. The Morgan fingerprint density at radius 2 is 2.14 bits per heavy atom. The Balaban J connectivity index is 1.69. The number of hydrogen-bond acceptors (Lipinski definition) is 5. The molecule has 0 aliphatic carbocycles. The lowest BCUT2D eigenvalue weighted by Crippen LogP contribution is -2.42. The molecule has 0 unspecified atom stereocenters. The minimum atomic E-state index is -0.367. The highest BCUT2D eigenvalue weighted by atomic mass is 19.1. The Bertz CT molecular complexity index is 639. The van der Waals surface area contributed by atoms with E-state index in [1.165, 1.54) is 16.9 Å². The number of morpholine rings is 1. The molecular weight excluding hydrogens is 277 g/mol. The molecule has 2 aromatic rings. The SMILES string of the molecule is O=C(Cn1nnc(-c2cccc(F)c2)n1)N1CCOCC1. The predicted molar refractivity (Wildman–Crippen MR) is 70.6 cm³/mol. The molecule has 0 atom stereocenters. The van der Waals surface area contributed by atoms with Crippen molar-refractivity contribution in [2.75, 3.05) is 26.3 Å². The van der Waals surface area contributed by atoms with Crippen molar-refractivity contribution >= 4 is 5.91 Å². The van der Waals surface area contributed by atoms with Gasteiger partial charge >= 0.3 is 0 Å². The summed E-state index contributed by atoms with van der Waals surface area (Å²) in [5.41, 5.74) is 0.528. The zero-order chi connectivity index (χ0) is 14.7. The van der Waals surface area contributed by atoms with Gasteiger partial charge < -0.3 is 9.64 Å². The lowest BCUT2D eigenvalue weighted by molar-refractivity contribution is -0.136. The molecule has 110 valence electrons. The van der Waals surface area contributed by atoms with Gasteiger partial charge in [-0.3, -0.25) is 4.79 Å². The first-order valence-corrected chi connectivity index (χ1v) is 6.61. The fourth-order valence-corrected chi connectivity index (χ4v) is 2.09. The summed E-state index contributed by atoms with van der Waals surface area (Å²) in [6.07, 6.45) is 0. The van der Waals surface area contributed by atoms with Crippen molar-refractivity contribution in [1.82, 2.24) is 25.1 Å². The second kappa shape index (κ2) is 5.96. The Kier molecular flexibility index (Phi) is 3.87. The first-order chi connectivity index (χ1) is 10.2. The first kappa shape index (κ1) is 13.6. The monoisotopic (exact) mass is 291 g/mol. The summed E-state index contributed by atoms with van der Waals surface area (Å²) in [6, 6.07) is 5.93. The average molecular weight is 291 g/mol. The van der Waals surface area contributed by atoms with Gasteiger partial charge in [0, 0.05) is 18.7 Å². The number of halogens is 1. The quantitative estimate of drug-likeness (QED) is 0.815. The number of nitrogens with zero attached hydrogens (tertiary/aromatic N) is 5. The van der Waals surface area contributed by atoms with Crippen LogP contribution in [-0.4, -0.2) is 57.3 Å². The van der Waals surface area contributed by atoms with Gasteiger partial charge in [-0.05, 0) is 17.3 Å². The van der Waals surface area contributed by atoms with E-state index < -0.39 is 0 Å². The van der Waals surface area contributed by atoms with Crippen molar-refractivity contribution in [3.8, 4) is 11.4 Å². The number of carbonyl (C=O) groups is 1. The van der Waals surface area contributed by atoms with E-state index in [0.717, 1.165) is 0 Å². The fraction of sp³-hybridized carbons (Fsp3) is 0.385. The highest BCUT2D eigenvalue weighted by Gasteiger charge is 2.18. The number of ether oxygens (including phenoxy) is 1. The number of tetrazole rings is 1. The number of rotatable bonds is 3. The predicted octanol–water partition coefficient (Wildman–Crippen LogP) is 0.338. The summed E-state index contributed by atoms with van der Waals surface area (Å²) in [5, 5.41) is 11.8. The lowest BCUT2D eigenvalue weighted by atomic mass is 10.2. The molecule has 1 aliphatic heterocycles. The van der Waals surface area contributed by atoms with Gasteiger partial charge in [-0.1, -0.05) is 12.1 Å². The van der Waals surface area contributed by atoms with E-state index >= 15 is 0 Å². The second-order valence-electron chi connectivity index (χ2n) is 4.65. The molecule has 0 N–H and O–H groups in total. The van der Waals surface area contributed by atoms with Crippen LogP contribution in [0.4, 0.5) is 4.39 Å². The molecule has 0 radical (unpaired) electrons. The minimum absolute atomic E-state index is 0.0162. The van der Waals surface area contributed by atoms with Crippen LogP contribution in [0, 0.1) is 5.82 Å². The Hall–Kier alpha value is -2.35. The molecule has 0 spiro atoms. The molecule has 1 aromatic carbocycles. The Morgan fingerprint density at radius 3 is 2.90 bits per heavy atom. The first-order valence-electron chi connectivity index (χ1n) is 6.61. The van der Waals surface area contributed by atoms with Crippen molar-refractivity contribution in [3.63, 3.8) is 0 Å². The summed E-state index contributed by atoms with van der Waals surface area (Å²) in [7, 11) is 0. The van der Waals surface area contributed by atoms with Gasteiger partial charge in [0.2, 0.25) is 11.7 Å². The highest BCUT2D eigenvalue weighted by Crippen LogP contribution is 2.14. The molecule has 1 fully saturated rings. The molecule has 1 saturated heterocycles. The van der Waals surface area contributed by atoms with E-state index in [9.17, 15) is 9.18 Å². The van der Waals surface area contributed by atoms with E-state index in [4.69, 9.17) is 4.74 Å². The molecule has 1 aliphatic rings. The number of hydrogen-bond donors (Lipinski definition) is 0. The maximum absolute atomic E-state index is 13.2. The van der Waals surface area contributed by atoms with Gasteiger partial charge in [0.15, 0.2) is 0 Å². The molecule has 1 amide bonds. The van der Waals surface area contributed by atoms with E-state index in [0.29, 0.717) is 37.7 Å². The number of carbonyl (C=O) groups excluding carboxylic acids is 1. The van der Waals surface area contributed by atoms with Crippen LogP contribution >= 0.6 is 0 Å². The molecule has 7 nitrogen and oxygen atoms in total. The Labute approximate surface area is 120 Å². The summed E-state index contributed by atoms with van der Waals surface area (Å²) >= 11 is 0. The zero-order valence-electron chi connectivity index (χ0n) is 11.3. The van der Waals surface area contributed by atoms with Crippen LogP contribution in [-0.2, 0) is 16.1 Å². The van der Waals surface area contributed by atoms with Crippen molar-refractivity contribution in [3.05, 3.63) is 30.1 Å². The van der Waals surface area contributed by atoms with Gasteiger partial charge in [0.1, 0.15) is 12.4 Å². The molecule has 21 heavy (non-hydrogen) atoms. The standard InChI is InChI=1S/C13H14FN5O2/c14-11-3-1-2-10(8-11)13-15-17-19(16-13)9-12(20)18-4-6-21-7-5-18/h1-3,8H,4-7,9H2. The van der Waals surface area contributed by atoms with Crippen molar-refractivity contribution in [1.29, 1.82) is 0 Å². The molecule has 8 heteroatoms. The van der Waals surface area contributed by atoms with E-state index in [1.807, 2.05) is 0 Å². The third-order valence-corrected chi connectivity index (χ3v) is 3.18. The van der Waals surface area contributed by atoms with Gasteiger partial charge in [0.05, 0.1) is 13.2 Å². The average Bonchev–Trinajstić information content (AvgIpc) is 2.97. The second-order valence-corrected chi connectivity index (χ2v) is 4.65.